The number of carbonyl (C=O) groups excluding carboxylic acids is 2. The Kier molecular flexibility index (Phi) is 4.53. The van der Waals surface area contributed by atoms with Crippen molar-refractivity contribution in [3.05, 3.63) is 64.1 Å². The van der Waals surface area contributed by atoms with E-state index < -0.39 is 0 Å². The fourth-order valence-corrected chi connectivity index (χ4v) is 3.72. The quantitative estimate of drug-likeness (QED) is 0.850. The van der Waals surface area contributed by atoms with Crippen LogP contribution in [-0.4, -0.2) is 40.3 Å². The van der Waals surface area contributed by atoms with Crippen LogP contribution in [0.2, 0.25) is 5.02 Å². The van der Waals surface area contributed by atoms with Gasteiger partial charge in [-0.05, 0) is 24.3 Å². The molecule has 1 aromatic heterocycles. The summed E-state index contributed by atoms with van der Waals surface area (Å²) in [5.41, 5.74) is 3.07. The lowest BCUT2D eigenvalue weighted by molar-refractivity contribution is -0.117. The van der Waals surface area contributed by atoms with Gasteiger partial charge >= 0.3 is 0 Å². The van der Waals surface area contributed by atoms with Crippen molar-refractivity contribution in [1.82, 2.24) is 20.2 Å². The van der Waals surface area contributed by atoms with Crippen LogP contribution in [0.25, 0.3) is 0 Å². The van der Waals surface area contributed by atoms with Crippen molar-refractivity contribution in [2.24, 2.45) is 0 Å². The highest BCUT2D eigenvalue weighted by molar-refractivity contribution is 6.31. The van der Waals surface area contributed by atoms with Crippen LogP contribution in [-0.2, 0) is 4.79 Å². The molecule has 0 saturated carbocycles. The van der Waals surface area contributed by atoms with Crippen molar-refractivity contribution in [3.8, 4) is 0 Å². The first kappa shape index (κ1) is 17.5. The average molecular weight is 384 g/mol. The zero-order valence-corrected chi connectivity index (χ0v) is 15.5. The van der Waals surface area contributed by atoms with E-state index in [-0.39, 0.29) is 23.8 Å². The number of anilines is 1. The van der Waals surface area contributed by atoms with Crippen LogP contribution in [0.15, 0.2) is 47.8 Å². The summed E-state index contributed by atoms with van der Waals surface area (Å²) in [4.78, 5) is 35.2. The van der Waals surface area contributed by atoms with Gasteiger partial charge in [0.05, 0.1) is 11.7 Å². The molecule has 0 aliphatic carbocycles. The molecule has 2 N–H and O–H groups in total. The van der Waals surface area contributed by atoms with E-state index >= 15 is 0 Å². The molecule has 0 saturated heterocycles. The van der Waals surface area contributed by atoms with Crippen LogP contribution in [0.3, 0.4) is 0 Å². The highest BCUT2D eigenvalue weighted by Gasteiger charge is 2.36. The molecule has 2 amide bonds. The minimum absolute atomic E-state index is 0.00543. The Hall–Kier alpha value is -2.93. The highest BCUT2D eigenvalue weighted by atomic mass is 35.5. The monoisotopic (exact) mass is 383 g/mol. The van der Waals surface area contributed by atoms with E-state index in [1.165, 1.54) is 0 Å². The topological polar surface area (TPSA) is 87.2 Å². The summed E-state index contributed by atoms with van der Waals surface area (Å²) >= 11 is 5.94. The molecule has 0 fully saturated rings. The van der Waals surface area contributed by atoms with Crippen LogP contribution >= 0.6 is 11.6 Å². The third kappa shape index (κ3) is 3.38. The van der Waals surface area contributed by atoms with Crippen molar-refractivity contribution < 1.29 is 9.59 Å². The lowest BCUT2D eigenvalue weighted by Gasteiger charge is -2.25. The van der Waals surface area contributed by atoms with Gasteiger partial charge in [0, 0.05) is 54.5 Å². The van der Waals surface area contributed by atoms with Crippen molar-refractivity contribution in [3.63, 3.8) is 0 Å². The predicted octanol–water partition coefficient (Wildman–Crippen LogP) is 2.53. The SMILES string of the molecule is CN1C2=C(CC1c1ccnc(NC(=O)c3cccc(Cl)c3)n1)C(=O)NCC2. The number of hydrogen-bond acceptors (Lipinski definition) is 5. The molecule has 2 aliphatic heterocycles. The second-order valence-electron chi connectivity index (χ2n) is 6.53. The fraction of sp³-hybridized carbons (Fsp3) is 0.263. The van der Waals surface area contributed by atoms with Crippen molar-refractivity contribution in [2.75, 3.05) is 18.9 Å². The van der Waals surface area contributed by atoms with Gasteiger partial charge in [0.25, 0.3) is 5.91 Å². The Morgan fingerprint density at radius 1 is 1.37 bits per heavy atom. The smallest absolute Gasteiger partial charge is 0.258 e. The number of halogens is 1. The Morgan fingerprint density at radius 3 is 3.00 bits per heavy atom. The molecule has 2 aliphatic rings. The first-order valence-electron chi connectivity index (χ1n) is 8.66. The van der Waals surface area contributed by atoms with Crippen molar-refractivity contribution in [1.29, 1.82) is 0 Å². The largest absolute Gasteiger partial charge is 0.368 e. The van der Waals surface area contributed by atoms with E-state index in [1.807, 2.05) is 13.1 Å². The molecule has 3 heterocycles. The van der Waals surface area contributed by atoms with Gasteiger partial charge in [-0.1, -0.05) is 17.7 Å². The summed E-state index contributed by atoms with van der Waals surface area (Å²) in [6.45, 7) is 0.652. The number of rotatable bonds is 3. The van der Waals surface area contributed by atoms with E-state index in [9.17, 15) is 9.59 Å². The molecule has 138 valence electrons. The van der Waals surface area contributed by atoms with E-state index in [0.717, 1.165) is 23.4 Å². The summed E-state index contributed by atoms with van der Waals surface area (Å²) in [7, 11) is 1.97. The molecule has 8 heteroatoms. The maximum Gasteiger partial charge on any atom is 0.258 e. The Balaban J connectivity index is 1.53. The summed E-state index contributed by atoms with van der Waals surface area (Å²) < 4.78 is 0. The number of nitrogens with one attached hydrogen (secondary N) is 2. The number of aromatic nitrogens is 2. The lowest BCUT2D eigenvalue weighted by atomic mass is 10.0. The molecule has 7 nitrogen and oxygen atoms in total. The lowest BCUT2D eigenvalue weighted by Crippen LogP contribution is -2.32. The van der Waals surface area contributed by atoms with Crippen LogP contribution in [0, 0.1) is 0 Å². The molecule has 27 heavy (non-hydrogen) atoms. The summed E-state index contributed by atoms with van der Waals surface area (Å²) in [5, 5.41) is 6.07. The van der Waals surface area contributed by atoms with Gasteiger partial charge in [0.2, 0.25) is 11.9 Å². The van der Waals surface area contributed by atoms with Crippen LogP contribution in [0.4, 0.5) is 5.95 Å². The van der Waals surface area contributed by atoms with E-state index in [0.29, 0.717) is 23.6 Å². The number of hydrogen-bond donors (Lipinski definition) is 2. The van der Waals surface area contributed by atoms with Crippen molar-refractivity contribution in [2.45, 2.75) is 18.9 Å². The maximum absolute atomic E-state index is 12.4. The fourth-order valence-electron chi connectivity index (χ4n) is 3.53. The average Bonchev–Trinajstić information content (AvgIpc) is 3.00. The zero-order chi connectivity index (χ0) is 19.0. The Morgan fingerprint density at radius 2 is 2.22 bits per heavy atom. The number of carbonyl (C=O) groups is 2. The molecular formula is C19H18ClN5O2. The van der Waals surface area contributed by atoms with Gasteiger partial charge in [-0.15, -0.1) is 0 Å². The van der Waals surface area contributed by atoms with Gasteiger partial charge in [-0.2, -0.15) is 0 Å². The Labute approximate surface area is 161 Å². The van der Waals surface area contributed by atoms with E-state index in [1.54, 1.807) is 30.5 Å². The number of benzene rings is 1. The third-order valence-electron chi connectivity index (χ3n) is 4.89. The standard InChI is InChI=1S/C19H18ClN5O2/c1-25-15-6-8-21-18(27)13(15)10-16(25)14-5-7-22-19(23-14)24-17(26)11-3-2-4-12(20)9-11/h2-5,7,9,16H,6,8,10H2,1H3,(H,21,27)(H,22,23,24,26). The minimum atomic E-state index is -0.328. The first-order valence-corrected chi connectivity index (χ1v) is 9.03. The van der Waals surface area contributed by atoms with Crippen LogP contribution < -0.4 is 10.6 Å². The number of amides is 2. The van der Waals surface area contributed by atoms with Crippen LogP contribution in [0.5, 0.6) is 0 Å². The molecule has 2 aromatic rings. The molecule has 1 aromatic carbocycles. The predicted molar refractivity (Wildman–Crippen MR) is 101 cm³/mol. The van der Waals surface area contributed by atoms with Gasteiger partial charge in [-0.3, -0.25) is 14.9 Å². The normalized spacial score (nSPS) is 19.0. The second kappa shape index (κ2) is 7.00. The molecule has 0 radical (unpaired) electrons. The van der Waals surface area contributed by atoms with E-state index in [4.69, 9.17) is 11.6 Å². The van der Waals surface area contributed by atoms with Crippen molar-refractivity contribution >= 4 is 29.4 Å². The molecular weight excluding hydrogens is 366 g/mol. The summed E-state index contributed by atoms with van der Waals surface area (Å²) in [6, 6.07) is 8.43. The Bertz CT molecular complexity index is 959. The molecule has 4 rings (SSSR count). The number of nitrogens with zero attached hydrogens (tertiary/aromatic N) is 3. The van der Waals surface area contributed by atoms with Gasteiger partial charge < -0.3 is 10.2 Å². The van der Waals surface area contributed by atoms with Gasteiger partial charge in [0.1, 0.15) is 0 Å². The summed E-state index contributed by atoms with van der Waals surface area (Å²) in [5.74, 6) is -0.111. The van der Waals surface area contributed by atoms with Gasteiger partial charge in [-0.25, -0.2) is 9.97 Å². The third-order valence-corrected chi connectivity index (χ3v) is 5.13. The molecule has 0 spiro atoms. The second-order valence-corrected chi connectivity index (χ2v) is 6.97. The zero-order valence-electron chi connectivity index (χ0n) is 14.7. The van der Waals surface area contributed by atoms with Gasteiger partial charge in [0.15, 0.2) is 0 Å². The highest BCUT2D eigenvalue weighted by Crippen LogP contribution is 2.39. The van der Waals surface area contributed by atoms with E-state index in [2.05, 4.69) is 25.5 Å². The minimum Gasteiger partial charge on any atom is -0.368 e. The first-order chi connectivity index (χ1) is 13.0. The maximum atomic E-state index is 12.4. The molecule has 0 bridgehead atoms. The van der Waals surface area contributed by atoms with Crippen LogP contribution in [0.1, 0.15) is 34.9 Å². The molecule has 1 unspecified atom stereocenters. The molecule has 1 atom stereocenters. The summed E-state index contributed by atoms with van der Waals surface area (Å²) in [6.07, 6.45) is 3.02.